The number of nitrogens with zero attached hydrogens (tertiary/aromatic N) is 2. The highest BCUT2D eigenvalue weighted by atomic mass is 79.9. The van der Waals surface area contributed by atoms with E-state index >= 15 is 0 Å². The Hall–Kier alpha value is -2.56. The van der Waals surface area contributed by atoms with E-state index in [1.54, 1.807) is 26.4 Å². The predicted octanol–water partition coefficient (Wildman–Crippen LogP) is 1.85. The lowest BCUT2D eigenvalue weighted by Gasteiger charge is -2.60. The SMILES string of the molecule is COc1cc2c(cc1OC)[C@@]13CC[N+]4(Cc5ccc(C(F)(F)F)cc5)CC5=CCO[C@H]6CC(=O)N2[C@H]1[C@H]6[C@H]5C[C@@H]34.[Br-]. The molecule has 3 saturated heterocycles. The zero-order chi connectivity index (χ0) is 27.6. The molecule has 0 aromatic heterocycles. The number of hydrogen-bond acceptors (Lipinski definition) is 4. The number of alkyl halides is 3. The fourth-order valence-electron chi connectivity index (χ4n) is 9.72. The number of fused-ring (bicyclic) bond motifs is 2. The highest BCUT2D eigenvalue weighted by Gasteiger charge is 2.76. The van der Waals surface area contributed by atoms with E-state index in [4.69, 9.17) is 14.2 Å². The van der Waals surface area contributed by atoms with Crippen LogP contribution in [0.25, 0.3) is 0 Å². The second-order valence-electron chi connectivity index (χ2n) is 12.5. The van der Waals surface area contributed by atoms with Crippen LogP contribution in [0.5, 0.6) is 11.5 Å². The van der Waals surface area contributed by atoms with Gasteiger partial charge in [-0.2, -0.15) is 13.2 Å². The zero-order valence-electron chi connectivity index (χ0n) is 22.9. The Labute approximate surface area is 247 Å². The van der Waals surface area contributed by atoms with Crippen LogP contribution >= 0.6 is 0 Å². The van der Waals surface area contributed by atoms with Gasteiger partial charge in [0.15, 0.2) is 11.5 Å². The molecule has 2 aromatic carbocycles. The fourth-order valence-corrected chi connectivity index (χ4v) is 9.72. The summed E-state index contributed by atoms with van der Waals surface area (Å²) in [7, 11) is 3.25. The first-order valence-electron chi connectivity index (χ1n) is 14.1. The smallest absolute Gasteiger partial charge is 0.416 e. The van der Waals surface area contributed by atoms with Crippen molar-refractivity contribution in [2.24, 2.45) is 11.8 Å². The first kappa shape index (κ1) is 27.3. The Bertz CT molecular complexity index is 1460. The third-order valence-corrected chi connectivity index (χ3v) is 11.1. The number of anilines is 1. The molecule has 0 radical (unpaired) electrons. The summed E-state index contributed by atoms with van der Waals surface area (Å²) in [6, 6.07) is 9.97. The van der Waals surface area contributed by atoms with Gasteiger partial charge in [-0.05, 0) is 35.3 Å². The minimum absolute atomic E-state index is 0. The van der Waals surface area contributed by atoms with Gasteiger partial charge in [0.25, 0.3) is 0 Å². The van der Waals surface area contributed by atoms with Crippen LogP contribution < -0.4 is 31.4 Å². The number of methoxy groups -OCH3 is 2. The Kier molecular flexibility index (Phi) is 5.97. The quantitative estimate of drug-likeness (QED) is 0.382. The van der Waals surface area contributed by atoms with Crippen molar-refractivity contribution >= 4 is 11.6 Å². The maximum absolute atomic E-state index is 13.9. The summed E-state index contributed by atoms with van der Waals surface area (Å²) >= 11 is 0. The van der Waals surface area contributed by atoms with Gasteiger partial charge in [0.1, 0.15) is 19.1 Å². The summed E-state index contributed by atoms with van der Waals surface area (Å²) in [6.45, 7) is 2.93. The molecule has 1 aliphatic carbocycles. The Morgan fingerprint density at radius 2 is 1.85 bits per heavy atom. The molecule has 0 N–H and O–H groups in total. The van der Waals surface area contributed by atoms with E-state index < -0.39 is 11.7 Å². The fraction of sp³-hybridized carbons (Fsp3) is 0.516. The Morgan fingerprint density at radius 1 is 1.12 bits per heavy atom. The molecule has 7 atom stereocenters. The van der Waals surface area contributed by atoms with E-state index in [1.165, 1.54) is 17.7 Å². The average Bonchev–Trinajstić information content (AvgIpc) is 3.36. The van der Waals surface area contributed by atoms with Crippen LogP contribution in [0, 0.1) is 11.8 Å². The minimum atomic E-state index is -4.36. The number of ether oxygens (including phenoxy) is 3. The van der Waals surface area contributed by atoms with Crippen LogP contribution in [0.3, 0.4) is 0 Å². The van der Waals surface area contributed by atoms with Crippen molar-refractivity contribution < 1.29 is 53.6 Å². The molecule has 8 rings (SSSR count). The number of benzene rings is 2. The number of amides is 1. The molecule has 4 fully saturated rings. The van der Waals surface area contributed by atoms with Gasteiger partial charge in [0.05, 0.1) is 62.6 Å². The van der Waals surface area contributed by atoms with Gasteiger partial charge in [-0.25, -0.2) is 0 Å². The number of hydrogen-bond donors (Lipinski definition) is 0. The van der Waals surface area contributed by atoms with Crippen molar-refractivity contribution in [1.82, 2.24) is 0 Å². The molecule has 6 aliphatic rings. The minimum Gasteiger partial charge on any atom is -1.00 e. The molecular weight excluding hydrogens is 601 g/mol. The summed E-state index contributed by atoms with van der Waals surface area (Å²) in [5, 5.41) is 0. The third-order valence-electron chi connectivity index (χ3n) is 11.1. The summed E-state index contributed by atoms with van der Waals surface area (Å²) in [4.78, 5) is 15.9. The highest BCUT2D eigenvalue weighted by molar-refractivity contribution is 5.99. The van der Waals surface area contributed by atoms with E-state index in [1.807, 2.05) is 6.07 Å². The lowest BCUT2D eigenvalue weighted by molar-refractivity contribution is -0.955. The predicted molar refractivity (Wildman–Crippen MR) is 140 cm³/mol. The molecule has 1 unspecified atom stereocenters. The second kappa shape index (κ2) is 8.97. The topological polar surface area (TPSA) is 48.0 Å². The Morgan fingerprint density at radius 3 is 2.56 bits per heavy atom. The summed E-state index contributed by atoms with van der Waals surface area (Å²) < 4.78 is 58.5. The van der Waals surface area contributed by atoms with E-state index in [0.717, 1.165) is 47.2 Å². The Balaban J connectivity index is 0.00000276. The van der Waals surface area contributed by atoms with Gasteiger partial charge in [-0.3, -0.25) is 4.79 Å². The van der Waals surface area contributed by atoms with Crippen molar-refractivity contribution in [3.8, 4) is 11.5 Å². The van der Waals surface area contributed by atoms with E-state index in [2.05, 4.69) is 17.0 Å². The summed E-state index contributed by atoms with van der Waals surface area (Å²) in [5.74, 6) is 1.89. The molecule has 5 heterocycles. The van der Waals surface area contributed by atoms with Crippen LogP contribution in [-0.4, -0.2) is 62.5 Å². The first-order chi connectivity index (χ1) is 19.2. The largest absolute Gasteiger partial charge is 1.00 e. The second-order valence-corrected chi connectivity index (χ2v) is 12.5. The van der Waals surface area contributed by atoms with Crippen LogP contribution in [0.1, 0.15) is 36.0 Å². The van der Waals surface area contributed by atoms with Crippen molar-refractivity contribution in [2.45, 2.75) is 55.6 Å². The van der Waals surface area contributed by atoms with Gasteiger partial charge in [0, 0.05) is 30.4 Å². The van der Waals surface area contributed by atoms with Crippen LogP contribution in [-0.2, 0) is 27.7 Å². The maximum Gasteiger partial charge on any atom is 0.416 e. The zero-order valence-corrected chi connectivity index (χ0v) is 24.5. The molecule has 1 spiro atoms. The van der Waals surface area contributed by atoms with Crippen molar-refractivity contribution in [3.63, 3.8) is 0 Å². The first-order valence-corrected chi connectivity index (χ1v) is 14.1. The maximum atomic E-state index is 13.9. The lowest BCUT2D eigenvalue weighted by Crippen LogP contribution is -3.00. The van der Waals surface area contributed by atoms with Crippen molar-refractivity contribution in [3.05, 3.63) is 64.7 Å². The molecule has 10 heteroatoms. The molecule has 5 aliphatic heterocycles. The van der Waals surface area contributed by atoms with Crippen LogP contribution in [0.2, 0.25) is 0 Å². The van der Waals surface area contributed by atoms with E-state index in [9.17, 15) is 18.0 Å². The van der Waals surface area contributed by atoms with Crippen LogP contribution in [0.4, 0.5) is 18.9 Å². The number of rotatable bonds is 4. The van der Waals surface area contributed by atoms with Gasteiger partial charge in [-0.15, -0.1) is 0 Å². The highest BCUT2D eigenvalue weighted by Crippen LogP contribution is 2.68. The molecule has 1 saturated carbocycles. The molecule has 218 valence electrons. The van der Waals surface area contributed by atoms with E-state index in [0.29, 0.717) is 37.0 Å². The lowest BCUT2D eigenvalue weighted by atomic mass is 9.53. The number of halogens is 4. The van der Waals surface area contributed by atoms with Gasteiger partial charge >= 0.3 is 6.18 Å². The molecular formula is C31H32BrF3N2O4. The van der Waals surface area contributed by atoms with Crippen LogP contribution in [0.15, 0.2) is 48.0 Å². The average molecular weight is 634 g/mol. The molecule has 2 bridgehead atoms. The van der Waals surface area contributed by atoms with Crippen molar-refractivity contribution in [2.75, 3.05) is 38.8 Å². The molecule has 6 nitrogen and oxygen atoms in total. The number of quaternary nitrogens is 1. The van der Waals surface area contributed by atoms with Gasteiger partial charge < -0.3 is 40.6 Å². The third kappa shape index (κ3) is 3.47. The molecule has 1 amide bonds. The molecule has 41 heavy (non-hydrogen) atoms. The number of carbonyl (C=O) groups is 1. The summed E-state index contributed by atoms with van der Waals surface area (Å²) in [5.41, 5.74) is 3.47. The number of carbonyl (C=O) groups excluding carboxylic acids is 1. The van der Waals surface area contributed by atoms with Gasteiger partial charge in [-0.1, -0.05) is 18.2 Å². The van der Waals surface area contributed by atoms with Gasteiger partial charge in [0.2, 0.25) is 5.91 Å². The monoisotopic (exact) mass is 632 g/mol. The standard InChI is InChI=1S/C31H32F3N2O4.BrH/c1-38-23-12-21-22(13-24(23)39-2)35-27(37)14-25-28-20-11-26-30(21,29(28)35)8-9-36(26,16-18(20)7-10-40-25)15-17-3-5-19(6-4-17)31(32,33)34;/h3-7,12-13,20,25-26,28-29H,8-11,14-16H2,1-2H3;1H/q+1;/p-1/t20-,25-,26-,28-,29-,30+,36?;/m0./s1. The molecule has 2 aromatic rings. The van der Waals surface area contributed by atoms with Crippen molar-refractivity contribution in [1.29, 1.82) is 0 Å². The van der Waals surface area contributed by atoms with E-state index in [-0.39, 0.29) is 52.4 Å². The number of piperidine rings is 2. The normalized spacial score (nSPS) is 35.7. The summed E-state index contributed by atoms with van der Waals surface area (Å²) in [6.07, 6.45) is 0.0335.